The number of halogens is 2. The number of carbonyl (C=O) groups excluding carboxylic acids is 1. The SMILES string of the molecule is CC1(C(=O)Nc2ccc(N3CCOCC3)nc2)CCNC1.Cl.Cl. The van der Waals surface area contributed by atoms with E-state index in [9.17, 15) is 4.79 Å². The molecule has 23 heavy (non-hydrogen) atoms. The lowest BCUT2D eigenvalue weighted by molar-refractivity contribution is -0.123. The molecular weight excluding hydrogens is 339 g/mol. The number of rotatable bonds is 3. The molecule has 0 radical (unpaired) electrons. The summed E-state index contributed by atoms with van der Waals surface area (Å²) in [7, 11) is 0. The highest BCUT2D eigenvalue weighted by molar-refractivity contribution is 5.95. The van der Waals surface area contributed by atoms with Crippen LogP contribution in [0.3, 0.4) is 0 Å². The maximum absolute atomic E-state index is 12.3. The molecule has 3 heterocycles. The highest BCUT2D eigenvalue weighted by atomic mass is 35.5. The Labute approximate surface area is 149 Å². The van der Waals surface area contributed by atoms with Gasteiger partial charge in [-0.2, -0.15) is 0 Å². The fraction of sp³-hybridized carbons (Fsp3) is 0.600. The Morgan fingerprint density at radius 1 is 1.35 bits per heavy atom. The fourth-order valence-electron chi connectivity index (χ4n) is 2.73. The number of pyridine rings is 1. The number of morpholine rings is 1. The number of nitrogens with one attached hydrogen (secondary N) is 2. The van der Waals surface area contributed by atoms with Gasteiger partial charge >= 0.3 is 0 Å². The van der Waals surface area contributed by atoms with Gasteiger partial charge in [-0.3, -0.25) is 4.79 Å². The van der Waals surface area contributed by atoms with Crippen molar-refractivity contribution in [3.63, 3.8) is 0 Å². The zero-order valence-electron chi connectivity index (χ0n) is 13.2. The van der Waals surface area contributed by atoms with Crippen LogP contribution in [0.5, 0.6) is 0 Å². The Bertz CT molecular complexity index is 501. The van der Waals surface area contributed by atoms with Crippen LogP contribution in [0, 0.1) is 5.41 Å². The quantitative estimate of drug-likeness (QED) is 0.856. The van der Waals surface area contributed by atoms with Gasteiger partial charge in [0.15, 0.2) is 0 Å². The van der Waals surface area contributed by atoms with E-state index in [0.29, 0.717) is 0 Å². The van der Waals surface area contributed by atoms with Gasteiger partial charge in [0.25, 0.3) is 0 Å². The summed E-state index contributed by atoms with van der Waals surface area (Å²) in [6.07, 6.45) is 2.60. The molecule has 3 rings (SSSR count). The van der Waals surface area contributed by atoms with E-state index in [4.69, 9.17) is 4.74 Å². The third-order valence-electron chi connectivity index (χ3n) is 4.26. The number of aromatic nitrogens is 1. The molecule has 2 saturated heterocycles. The maximum Gasteiger partial charge on any atom is 0.231 e. The molecule has 130 valence electrons. The van der Waals surface area contributed by atoms with Crippen molar-refractivity contribution in [2.45, 2.75) is 13.3 Å². The van der Waals surface area contributed by atoms with Crippen LogP contribution in [-0.4, -0.2) is 50.3 Å². The minimum absolute atomic E-state index is 0. The third kappa shape index (κ3) is 4.70. The topological polar surface area (TPSA) is 66.5 Å². The molecule has 2 aliphatic rings. The van der Waals surface area contributed by atoms with Crippen LogP contribution in [0.1, 0.15) is 13.3 Å². The van der Waals surface area contributed by atoms with Crippen LogP contribution in [-0.2, 0) is 9.53 Å². The number of nitrogens with zero attached hydrogens (tertiary/aromatic N) is 2. The molecule has 0 aliphatic carbocycles. The number of ether oxygens (including phenoxy) is 1. The Morgan fingerprint density at radius 2 is 2.09 bits per heavy atom. The minimum Gasteiger partial charge on any atom is -0.378 e. The van der Waals surface area contributed by atoms with Crippen molar-refractivity contribution in [3.8, 4) is 0 Å². The van der Waals surface area contributed by atoms with E-state index in [2.05, 4.69) is 20.5 Å². The number of hydrogen-bond acceptors (Lipinski definition) is 5. The van der Waals surface area contributed by atoms with Crippen molar-refractivity contribution in [1.29, 1.82) is 0 Å². The first-order valence-corrected chi connectivity index (χ1v) is 7.48. The summed E-state index contributed by atoms with van der Waals surface area (Å²) in [5, 5.41) is 6.21. The van der Waals surface area contributed by atoms with Crippen LogP contribution >= 0.6 is 24.8 Å². The van der Waals surface area contributed by atoms with Crippen molar-refractivity contribution in [3.05, 3.63) is 18.3 Å². The maximum atomic E-state index is 12.3. The molecule has 0 aromatic carbocycles. The first-order chi connectivity index (χ1) is 10.2. The predicted octanol–water partition coefficient (Wildman–Crippen LogP) is 1.70. The molecule has 1 amide bonds. The second-order valence-corrected chi connectivity index (χ2v) is 5.95. The van der Waals surface area contributed by atoms with Gasteiger partial charge in [-0.25, -0.2) is 4.98 Å². The standard InChI is InChI=1S/C15H22N4O2.2ClH/c1-15(4-5-16-11-15)14(20)18-12-2-3-13(17-10-12)19-6-8-21-9-7-19;;/h2-3,10,16H,4-9,11H2,1H3,(H,18,20);2*1H. The van der Waals surface area contributed by atoms with Crippen LogP contribution in [0.2, 0.25) is 0 Å². The zero-order valence-corrected chi connectivity index (χ0v) is 14.8. The average Bonchev–Trinajstić information content (AvgIpc) is 2.97. The largest absolute Gasteiger partial charge is 0.378 e. The van der Waals surface area contributed by atoms with E-state index in [1.807, 2.05) is 19.1 Å². The van der Waals surface area contributed by atoms with Crippen LogP contribution in [0.25, 0.3) is 0 Å². The minimum atomic E-state index is -0.317. The molecule has 2 fully saturated rings. The van der Waals surface area contributed by atoms with E-state index in [1.54, 1.807) is 6.20 Å². The van der Waals surface area contributed by atoms with Crippen molar-refractivity contribution < 1.29 is 9.53 Å². The molecule has 1 aromatic heterocycles. The molecule has 6 nitrogen and oxygen atoms in total. The van der Waals surface area contributed by atoms with Crippen molar-refractivity contribution in [1.82, 2.24) is 10.3 Å². The fourth-order valence-corrected chi connectivity index (χ4v) is 2.73. The molecule has 2 N–H and O–H groups in total. The van der Waals surface area contributed by atoms with E-state index in [0.717, 1.165) is 57.3 Å². The molecule has 1 atom stereocenters. The summed E-state index contributed by atoms with van der Waals surface area (Å²) < 4.78 is 5.33. The van der Waals surface area contributed by atoms with Gasteiger partial charge in [-0.1, -0.05) is 0 Å². The molecule has 1 aromatic rings. The van der Waals surface area contributed by atoms with Gasteiger partial charge in [-0.15, -0.1) is 24.8 Å². The van der Waals surface area contributed by atoms with Gasteiger partial charge in [0, 0.05) is 19.6 Å². The highest BCUT2D eigenvalue weighted by Crippen LogP contribution is 2.26. The molecule has 0 bridgehead atoms. The normalized spacial score (nSPS) is 23.6. The molecule has 0 spiro atoms. The highest BCUT2D eigenvalue weighted by Gasteiger charge is 2.36. The summed E-state index contributed by atoms with van der Waals surface area (Å²) in [6, 6.07) is 3.87. The first-order valence-electron chi connectivity index (χ1n) is 7.48. The van der Waals surface area contributed by atoms with E-state index >= 15 is 0 Å². The van der Waals surface area contributed by atoms with Crippen LogP contribution in [0.4, 0.5) is 11.5 Å². The average molecular weight is 363 g/mol. The lowest BCUT2D eigenvalue weighted by atomic mass is 9.89. The molecular formula is C15H24Cl2N4O2. The Balaban J connectivity index is 0.00000132. The summed E-state index contributed by atoms with van der Waals surface area (Å²) in [5.41, 5.74) is 0.438. The third-order valence-corrected chi connectivity index (χ3v) is 4.26. The Hall–Kier alpha value is -1.08. The van der Waals surface area contributed by atoms with Gasteiger partial charge in [0.1, 0.15) is 5.82 Å². The monoisotopic (exact) mass is 362 g/mol. The number of carbonyl (C=O) groups is 1. The van der Waals surface area contributed by atoms with Crippen molar-refractivity contribution in [2.75, 3.05) is 49.6 Å². The molecule has 1 unspecified atom stereocenters. The summed E-state index contributed by atoms with van der Waals surface area (Å²) >= 11 is 0. The van der Waals surface area contributed by atoms with Crippen LogP contribution < -0.4 is 15.5 Å². The van der Waals surface area contributed by atoms with Crippen LogP contribution in [0.15, 0.2) is 18.3 Å². The zero-order chi connectivity index (χ0) is 14.7. The van der Waals surface area contributed by atoms with E-state index < -0.39 is 0 Å². The smallest absolute Gasteiger partial charge is 0.231 e. The second-order valence-electron chi connectivity index (χ2n) is 5.95. The molecule has 8 heteroatoms. The van der Waals surface area contributed by atoms with E-state index in [-0.39, 0.29) is 36.1 Å². The molecule has 0 saturated carbocycles. The van der Waals surface area contributed by atoms with Gasteiger partial charge in [0.05, 0.1) is 30.5 Å². The first kappa shape index (κ1) is 20.0. The summed E-state index contributed by atoms with van der Waals surface area (Å²) in [5.74, 6) is 0.999. The number of hydrogen-bond donors (Lipinski definition) is 2. The Morgan fingerprint density at radius 3 is 2.65 bits per heavy atom. The van der Waals surface area contributed by atoms with Gasteiger partial charge < -0.3 is 20.3 Å². The van der Waals surface area contributed by atoms with Gasteiger partial charge in [0.2, 0.25) is 5.91 Å². The lowest BCUT2D eigenvalue weighted by Crippen LogP contribution is -2.37. The van der Waals surface area contributed by atoms with Crippen molar-refractivity contribution in [2.24, 2.45) is 5.41 Å². The number of amides is 1. The summed E-state index contributed by atoms with van der Waals surface area (Å²) in [4.78, 5) is 19.0. The van der Waals surface area contributed by atoms with Crippen molar-refractivity contribution >= 4 is 42.2 Å². The van der Waals surface area contributed by atoms with E-state index in [1.165, 1.54) is 0 Å². The molecule has 2 aliphatic heterocycles. The summed E-state index contributed by atoms with van der Waals surface area (Å²) in [6.45, 7) is 6.84. The number of anilines is 2. The Kier molecular flexibility index (Phi) is 7.54. The second kappa shape index (κ2) is 8.68. The van der Waals surface area contributed by atoms with Gasteiger partial charge in [-0.05, 0) is 32.0 Å². The predicted molar refractivity (Wildman–Crippen MR) is 96.0 cm³/mol. The lowest BCUT2D eigenvalue weighted by Gasteiger charge is -2.28.